The van der Waals surface area contributed by atoms with Crippen molar-refractivity contribution in [1.82, 2.24) is 0 Å². The lowest BCUT2D eigenvalue weighted by molar-refractivity contribution is 0.0696. The quantitative estimate of drug-likeness (QED) is 0.726. The molecule has 1 aliphatic rings. The van der Waals surface area contributed by atoms with Crippen LogP contribution in [-0.4, -0.2) is 37.8 Å². The number of hydrogen-bond donors (Lipinski definition) is 1. The van der Waals surface area contributed by atoms with E-state index in [0.717, 1.165) is 23.4 Å². The Morgan fingerprint density at radius 3 is 2.38 bits per heavy atom. The van der Waals surface area contributed by atoms with E-state index in [4.69, 9.17) is 0 Å². The summed E-state index contributed by atoms with van der Waals surface area (Å²) in [5.74, 6) is -0.370. The Labute approximate surface area is 174 Å². The van der Waals surface area contributed by atoms with E-state index in [1.165, 1.54) is 5.69 Å². The van der Waals surface area contributed by atoms with Crippen molar-refractivity contribution in [2.24, 2.45) is 5.92 Å². The standard InChI is InChI=1S/C25H32N2O2/c1-17(2)16-27-22-13-10-19(24(28)29)15-21(22)25(3,4)23(27)14-9-18-7-11-20(12-8-18)26(5)6/h7-15,17,23H,16H2,1-6H3,(H,28,29)/b14-9+. The molecule has 0 radical (unpaired) electrons. The van der Waals surface area contributed by atoms with Gasteiger partial charge in [0, 0.05) is 37.4 Å². The van der Waals surface area contributed by atoms with Crippen molar-refractivity contribution in [1.29, 1.82) is 0 Å². The summed E-state index contributed by atoms with van der Waals surface area (Å²) in [6.07, 6.45) is 4.46. The molecule has 1 heterocycles. The van der Waals surface area contributed by atoms with Crippen molar-refractivity contribution in [3.05, 3.63) is 65.2 Å². The molecule has 4 heteroatoms. The zero-order chi connectivity index (χ0) is 21.3. The molecular formula is C25H32N2O2. The van der Waals surface area contributed by atoms with Crippen LogP contribution in [0.25, 0.3) is 6.08 Å². The number of hydrogen-bond acceptors (Lipinski definition) is 3. The minimum Gasteiger partial charge on any atom is -0.478 e. The van der Waals surface area contributed by atoms with Crippen LogP contribution < -0.4 is 9.80 Å². The highest BCUT2D eigenvalue weighted by Crippen LogP contribution is 2.46. The van der Waals surface area contributed by atoms with Gasteiger partial charge >= 0.3 is 5.97 Å². The second kappa shape index (κ2) is 7.94. The zero-order valence-electron chi connectivity index (χ0n) is 18.3. The van der Waals surface area contributed by atoms with Gasteiger partial charge in [-0.2, -0.15) is 0 Å². The Bertz CT molecular complexity index is 911. The Morgan fingerprint density at radius 1 is 1.17 bits per heavy atom. The van der Waals surface area contributed by atoms with Crippen LogP contribution in [0.5, 0.6) is 0 Å². The van der Waals surface area contributed by atoms with Crippen molar-refractivity contribution in [3.63, 3.8) is 0 Å². The summed E-state index contributed by atoms with van der Waals surface area (Å²) < 4.78 is 0. The van der Waals surface area contributed by atoms with Gasteiger partial charge in [-0.3, -0.25) is 0 Å². The van der Waals surface area contributed by atoms with Gasteiger partial charge in [0.15, 0.2) is 0 Å². The fourth-order valence-electron chi connectivity index (χ4n) is 4.17. The molecule has 1 unspecified atom stereocenters. The maximum atomic E-state index is 11.5. The number of aromatic carboxylic acids is 1. The molecule has 154 valence electrons. The predicted molar refractivity (Wildman–Crippen MR) is 122 cm³/mol. The van der Waals surface area contributed by atoms with Crippen LogP contribution in [0.4, 0.5) is 11.4 Å². The molecule has 0 fully saturated rings. The zero-order valence-corrected chi connectivity index (χ0v) is 18.3. The van der Waals surface area contributed by atoms with Crippen LogP contribution in [0.1, 0.15) is 49.2 Å². The summed E-state index contributed by atoms with van der Waals surface area (Å²) in [7, 11) is 4.08. The molecule has 0 bridgehead atoms. The van der Waals surface area contributed by atoms with Gasteiger partial charge in [-0.25, -0.2) is 4.79 Å². The van der Waals surface area contributed by atoms with Crippen LogP contribution in [0.3, 0.4) is 0 Å². The van der Waals surface area contributed by atoms with E-state index in [2.05, 4.69) is 73.9 Å². The second-order valence-electron chi connectivity index (χ2n) is 9.09. The fourth-order valence-corrected chi connectivity index (χ4v) is 4.17. The summed E-state index contributed by atoms with van der Waals surface area (Å²) in [5, 5.41) is 9.45. The van der Waals surface area contributed by atoms with Crippen LogP contribution in [-0.2, 0) is 5.41 Å². The van der Waals surface area contributed by atoms with E-state index in [0.29, 0.717) is 11.5 Å². The van der Waals surface area contributed by atoms with Crippen molar-refractivity contribution in [3.8, 4) is 0 Å². The maximum Gasteiger partial charge on any atom is 0.335 e. The van der Waals surface area contributed by atoms with E-state index in [-0.39, 0.29) is 11.5 Å². The molecule has 2 aromatic rings. The Balaban J connectivity index is 1.98. The van der Waals surface area contributed by atoms with Gasteiger partial charge in [-0.1, -0.05) is 52.0 Å². The number of fused-ring (bicyclic) bond motifs is 1. The molecule has 29 heavy (non-hydrogen) atoms. The molecule has 4 nitrogen and oxygen atoms in total. The van der Waals surface area contributed by atoms with Gasteiger partial charge < -0.3 is 14.9 Å². The van der Waals surface area contributed by atoms with Crippen LogP contribution in [0, 0.1) is 5.92 Å². The third kappa shape index (κ3) is 4.16. The molecule has 1 aliphatic heterocycles. The third-order valence-corrected chi connectivity index (χ3v) is 5.76. The number of carboxylic acids is 1. The Morgan fingerprint density at radius 2 is 1.83 bits per heavy atom. The molecule has 1 N–H and O–H groups in total. The smallest absolute Gasteiger partial charge is 0.335 e. The van der Waals surface area contributed by atoms with E-state index >= 15 is 0 Å². The summed E-state index contributed by atoms with van der Waals surface area (Å²) in [4.78, 5) is 16.0. The van der Waals surface area contributed by atoms with Crippen molar-refractivity contribution in [2.45, 2.75) is 39.2 Å². The molecule has 0 aromatic heterocycles. The summed E-state index contributed by atoms with van der Waals surface area (Å²) in [5.41, 5.74) is 4.76. The van der Waals surface area contributed by atoms with Crippen molar-refractivity contribution >= 4 is 23.4 Å². The number of anilines is 2. The van der Waals surface area contributed by atoms with Crippen LogP contribution in [0.2, 0.25) is 0 Å². The predicted octanol–water partition coefficient (Wildman–Crippen LogP) is 5.29. The van der Waals surface area contributed by atoms with E-state index in [1.54, 1.807) is 6.07 Å². The number of benzene rings is 2. The Kier molecular flexibility index (Phi) is 5.74. The first-order valence-electron chi connectivity index (χ1n) is 10.2. The van der Waals surface area contributed by atoms with Crippen molar-refractivity contribution in [2.75, 3.05) is 30.4 Å². The lowest BCUT2D eigenvalue weighted by atomic mass is 9.79. The van der Waals surface area contributed by atoms with Crippen molar-refractivity contribution < 1.29 is 9.90 Å². The monoisotopic (exact) mass is 392 g/mol. The highest BCUT2D eigenvalue weighted by atomic mass is 16.4. The number of carbonyl (C=O) groups is 1. The first-order chi connectivity index (χ1) is 13.6. The molecular weight excluding hydrogens is 360 g/mol. The second-order valence-corrected chi connectivity index (χ2v) is 9.09. The minimum absolute atomic E-state index is 0.164. The minimum atomic E-state index is -0.876. The molecule has 0 aliphatic carbocycles. The molecule has 0 amide bonds. The number of carboxylic acid groups (broad SMARTS) is 1. The van der Waals surface area contributed by atoms with Gasteiger partial charge in [-0.05, 0) is 47.4 Å². The molecule has 1 atom stereocenters. The van der Waals surface area contributed by atoms with Gasteiger partial charge in [0.25, 0.3) is 0 Å². The fraction of sp³-hybridized carbons (Fsp3) is 0.400. The molecule has 0 saturated heterocycles. The summed E-state index contributed by atoms with van der Waals surface area (Å²) in [6.45, 7) is 9.79. The number of nitrogens with zero attached hydrogens (tertiary/aromatic N) is 2. The van der Waals surface area contributed by atoms with Gasteiger partial charge in [0.05, 0.1) is 11.6 Å². The highest BCUT2D eigenvalue weighted by molar-refractivity contribution is 5.89. The Hall–Kier alpha value is -2.75. The van der Waals surface area contributed by atoms with E-state index in [1.807, 2.05) is 26.2 Å². The molecule has 0 spiro atoms. The first kappa shape index (κ1) is 21.0. The maximum absolute atomic E-state index is 11.5. The average molecular weight is 393 g/mol. The van der Waals surface area contributed by atoms with Gasteiger partial charge in [0.1, 0.15) is 0 Å². The highest BCUT2D eigenvalue weighted by Gasteiger charge is 2.43. The lowest BCUT2D eigenvalue weighted by Crippen LogP contribution is -2.41. The first-order valence-corrected chi connectivity index (χ1v) is 10.2. The van der Waals surface area contributed by atoms with Gasteiger partial charge in [-0.15, -0.1) is 0 Å². The average Bonchev–Trinajstić information content (AvgIpc) is 2.86. The number of rotatable bonds is 6. The van der Waals surface area contributed by atoms with Crippen LogP contribution in [0.15, 0.2) is 48.5 Å². The molecule has 3 rings (SSSR count). The topological polar surface area (TPSA) is 43.8 Å². The van der Waals surface area contributed by atoms with Crippen LogP contribution >= 0.6 is 0 Å². The third-order valence-electron chi connectivity index (χ3n) is 5.76. The molecule has 2 aromatic carbocycles. The lowest BCUT2D eigenvalue weighted by Gasteiger charge is -2.33. The van der Waals surface area contributed by atoms with Gasteiger partial charge in [0.2, 0.25) is 0 Å². The summed E-state index contributed by atoms with van der Waals surface area (Å²) >= 11 is 0. The normalized spacial score (nSPS) is 17.8. The summed E-state index contributed by atoms with van der Waals surface area (Å²) in [6, 6.07) is 14.2. The van der Waals surface area contributed by atoms with E-state index < -0.39 is 5.97 Å². The van der Waals surface area contributed by atoms with E-state index in [9.17, 15) is 9.90 Å². The molecule has 0 saturated carbocycles. The largest absolute Gasteiger partial charge is 0.478 e. The SMILES string of the molecule is CC(C)CN1c2ccc(C(=O)O)cc2C(C)(C)C1/C=C/c1ccc(N(C)C)cc1.